The number of thioether (sulfide) groups is 1. The first-order chi connectivity index (χ1) is 13.7. The van der Waals surface area contributed by atoms with Gasteiger partial charge in [0.1, 0.15) is 5.76 Å². The summed E-state index contributed by atoms with van der Waals surface area (Å²) in [5, 5.41) is 2.29. The SMILES string of the molecule is NC1=NC(=O)/C(=C2\c3ccc(-c4ccccc4)c2c3OCC2CCCCC2)S1. The summed E-state index contributed by atoms with van der Waals surface area (Å²) in [5.74, 6) is 1.31. The molecule has 1 saturated carbocycles. The van der Waals surface area contributed by atoms with Crippen LogP contribution in [0.4, 0.5) is 0 Å². The molecule has 142 valence electrons. The van der Waals surface area contributed by atoms with E-state index in [0.29, 0.717) is 16.0 Å². The maximum Gasteiger partial charge on any atom is 0.286 e. The molecule has 0 spiro atoms. The average molecular weight is 391 g/mol. The van der Waals surface area contributed by atoms with Gasteiger partial charge in [-0.3, -0.25) is 4.79 Å². The summed E-state index contributed by atoms with van der Waals surface area (Å²) in [6.45, 7) is 0.751. The van der Waals surface area contributed by atoms with Crippen molar-refractivity contribution < 1.29 is 9.53 Å². The molecular weight excluding hydrogens is 368 g/mol. The minimum Gasteiger partial charge on any atom is -0.492 e. The number of benzene rings is 2. The summed E-state index contributed by atoms with van der Waals surface area (Å²) in [5.41, 5.74) is 9.01. The fourth-order valence-electron chi connectivity index (χ4n) is 4.38. The van der Waals surface area contributed by atoms with E-state index in [0.717, 1.165) is 39.5 Å². The van der Waals surface area contributed by atoms with E-state index in [1.807, 2.05) is 18.2 Å². The number of amides is 1. The topological polar surface area (TPSA) is 64.7 Å². The van der Waals surface area contributed by atoms with Gasteiger partial charge in [0.25, 0.3) is 5.91 Å². The van der Waals surface area contributed by atoms with Gasteiger partial charge in [-0.15, -0.1) is 0 Å². The Labute approximate surface area is 168 Å². The van der Waals surface area contributed by atoms with Crippen LogP contribution in [0.25, 0.3) is 21.8 Å². The van der Waals surface area contributed by atoms with Crippen LogP contribution in [0.1, 0.15) is 37.7 Å². The van der Waals surface area contributed by atoms with Crippen LogP contribution in [0.15, 0.2) is 47.5 Å². The van der Waals surface area contributed by atoms with Crippen molar-refractivity contribution in [2.75, 3.05) is 6.61 Å². The Balaban J connectivity index is 1.61. The Morgan fingerprint density at radius 3 is 2.46 bits per heavy atom. The molecule has 28 heavy (non-hydrogen) atoms. The molecule has 1 heterocycles. The summed E-state index contributed by atoms with van der Waals surface area (Å²) < 4.78 is 6.34. The van der Waals surface area contributed by atoms with Gasteiger partial charge in [-0.05, 0) is 47.7 Å². The quantitative estimate of drug-likeness (QED) is 0.871. The zero-order chi connectivity index (χ0) is 19.1. The number of rotatable bonds is 4. The molecule has 2 aliphatic carbocycles. The summed E-state index contributed by atoms with van der Waals surface area (Å²) in [4.78, 5) is 16.9. The van der Waals surface area contributed by atoms with Crippen LogP contribution in [0.3, 0.4) is 0 Å². The predicted octanol–water partition coefficient (Wildman–Crippen LogP) is 3.12. The molecule has 1 fully saturated rings. The van der Waals surface area contributed by atoms with Gasteiger partial charge in [-0.25, -0.2) is 0 Å². The first-order valence-electron chi connectivity index (χ1n) is 9.89. The lowest BCUT2D eigenvalue weighted by Crippen LogP contribution is -2.45. The predicted molar refractivity (Wildman–Crippen MR) is 114 cm³/mol. The van der Waals surface area contributed by atoms with Crippen molar-refractivity contribution in [2.24, 2.45) is 16.6 Å². The fourth-order valence-corrected chi connectivity index (χ4v) is 5.16. The van der Waals surface area contributed by atoms with Crippen LogP contribution in [-0.4, -0.2) is 17.7 Å². The molecule has 2 aromatic carbocycles. The van der Waals surface area contributed by atoms with Crippen molar-refractivity contribution in [1.29, 1.82) is 0 Å². The summed E-state index contributed by atoms with van der Waals surface area (Å²) >= 11 is 1.26. The molecule has 0 unspecified atom stereocenters. The van der Waals surface area contributed by atoms with Crippen LogP contribution in [0.2, 0.25) is 0 Å². The maximum absolute atomic E-state index is 12.3. The normalized spacial score (nSPS) is 20.8. The van der Waals surface area contributed by atoms with Gasteiger partial charge in [0.2, 0.25) is 0 Å². The van der Waals surface area contributed by atoms with Crippen LogP contribution in [0.5, 0.6) is 0 Å². The van der Waals surface area contributed by atoms with E-state index >= 15 is 0 Å². The van der Waals surface area contributed by atoms with Crippen molar-refractivity contribution in [3.05, 3.63) is 58.5 Å². The average Bonchev–Trinajstić information content (AvgIpc) is 3.06. The Morgan fingerprint density at radius 1 is 1.00 bits per heavy atom. The summed E-state index contributed by atoms with van der Waals surface area (Å²) in [7, 11) is 0. The maximum atomic E-state index is 12.3. The first kappa shape index (κ1) is 17.6. The number of hydrogen-bond acceptors (Lipinski definition) is 4. The summed E-state index contributed by atoms with van der Waals surface area (Å²) in [6.07, 6.45) is 6.43. The molecule has 5 rings (SSSR count). The molecule has 2 N–H and O–H groups in total. The van der Waals surface area contributed by atoms with E-state index in [1.54, 1.807) is 0 Å². The van der Waals surface area contributed by atoms with Crippen LogP contribution in [0, 0.1) is 5.92 Å². The van der Waals surface area contributed by atoms with Crippen LogP contribution >= 0.6 is 11.8 Å². The lowest BCUT2D eigenvalue weighted by molar-refractivity contribution is -0.112. The Bertz CT molecular complexity index is 1100. The molecule has 2 bridgehead atoms. The number of nitrogens with zero attached hydrogens (tertiary/aromatic N) is 1. The lowest BCUT2D eigenvalue weighted by atomic mass is 9.88. The highest BCUT2D eigenvalue weighted by Gasteiger charge is 2.30. The number of carbonyl (C=O) groups excluding carboxylic acids is 1. The molecule has 3 aliphatic rings. The summed E-state index contributed by atoms with van der Waals surface area (Å²) in [6, 6.07) is 14.4. The highest BCUT2D eigenvalue weighted by atomic mass is 32.2. The molecule has 4 nitrogen and oxygen atoms in total. The number of aliphatic imine (C=N–C) groups is 1. The van der Waals surface area contributed by atoms with Crippen molar-refractivity contribution in [3.8, 4) is 11.1 Å². The van der Waals surface area contributed by atoms with E-state index < -0.39 is 0 Å². The second-order valence-corrected chi connectivity index (χ2v) is 8.64. The van der Waals surface area contributed by atoms with E-state index in [9.17, 15) is 4.79 Å². The first-order valence-corrected chi connectivity index (χ1v) is 10.7. The second kappa shape index (κ2) is 7.13. The Kier molecular flexibility index (Phi) is 4.47. The van der Waals surface area contributed by atoms with Crippen LogP contribution < -0.4 is 16.2 Å². The van der Waals surface area contributed by atoms with Gasteiger partial charge in [0, 0.05) is 16.0 Å². The zero-order valence-electron chi connectivity index (χ0n) is 15.6. The minimum atomic E-state index is -0.249. The molecule has 0 radical (unpaired) electrons. The highest BCUT2D eigenvalue weighted by Crippen LogP contribution is 2.30. The third-order valence-electron chi connectivity index (χ3n) is 5.79. The Hall–Kier alpha value is -2.53. The van der Waals surface area contributed by atoms with Gasteiger partial charge in [-0.1, -0.05) is 55.7 Å². The van der Waals surface area contributed by atoms with Crippen molar-refractivity contribution in [2.45, 2.75) is 32.1 Å². The number of nitrogens with two attached hydrogens (primary N) is 1. The lowest BCUT2D eigenvalue weighted by Gasteiger charge is -2.27. The number of hydrogen-bond donors (Lipinski definition) is 1. The molecule has 2 aromatic rings. The smallest absolute Gasteiger partial charge is 0.286 e. The molecule has 0 saturated heterocycles. The molecular formula is C23H22N2O2S. The van der Waals surface area contributed by atoms with E-state index in [2.05, 4.69) is 29.3 Å². The largest absolute Gasteiger partial charge is 0.492 e. The van der Waals surface area contributed by atoms with Gasteiger partial charge >= 0.3 is 0 Å². The van der Waals surface area contributed by atoms with Gasteiger partial charge in [-0.2, -0.15) is 4.99 Å². The third-order valence-corrected chi connectivity index (χ3v) is 6.67. The van der Waals surface area contributed by atoms with Gasteiger partial charge in [0.05, 0.1) is 11.5 Å². The Morgan fingerprint density at radius 2 is 1.75 bits per heavy atom. The van der Waals surface area contributed by atoms with Gasteiger partial charge < -0.3 is 10.5 Å². The highest BCUT2D eigenvalue weighted by molar-refractivity contribution is 8.23. The zero-order valence-corrected chi connectivity index (χ0v) is 16.4. The van der Waals surface area contributed by atoms with Gasteiger partial charge in [0.15, 0.2) is 5.17 Å². The molecule has 0 atom stereocenters. The molecule has 5 heteroatoms. The number of carbonyl (C=O) groups is 1. The molecule has 1 amide bonds. The van der Waals surface area contributed by atoms with E-state index in [-0.39, 0.29) is 5.91 Å². The van der Waals surface area contributed by atoms with E-state index in [1.165, 1.54) is 43.9 Å². The number of amidine groups is 1. The molecule has 1 aliphatic heterocycles. The number of ether oxygens (including phenoxy) is 1. The standard InChI is InChI=1S/C23H22N2O2S/c24-23-25-22(26)21(28-23)19-17-12-11-16(15-9-5-2-6-10-15)18(19)20(17)27-13-14-7-3-1-4-8-14/h2,5-6,9-12,14H,1,3-4,7-8,13H2,(H2,24,25,26)/b21-19-. The third kappa shape index (κ3) is 2.94. The van der Waals surface area contributed by atoms with E-state index in [4.69, 9.17) is 10.5 Å². The monoisotopic (exact) mass is 390 g/mol. The van der Waals surface area contributed by atoms with Crippen molar-refractivity contribution >= 4 is 33.5 Å². The fraction of sp³-hybridized carbons (Fsp3) is 0.304. The second-order valence-electron chi connectivity index (χ2n) is 7.61. The van der Waals surface area contributed by atoms with Crippen molar-refractivity contribution in [3.63, 3.8) is 0 Å². The van der Waals surface area contributed by atoms with Crippen molar-refractivity contribution in [1.82, 2.24) is 0 Å². The molecule has 0 aromatic heterocycles. The number of fused-ring (bicyclic) bond motifs is 2. The minimum absolute atomic E-state index is 0.249. The van der Waals surface area contributed by atoms with Crippen LogP contribution in [-0.2, 0) is 9.53 Å².